The number of carbonyl (C=O) groups is 2. The number of amides is 1. The summed E-state index contributed by atoms with van der Waals surface area (Å²) in [7, 11) is 1.55. The Bertz CT molecular complexity index is 482. The summed E-state index contributed by atoms with van der Waals surface area (Å²) >= 11 is 0. The summed E-state index contributed by atoms with van der Waals surface area (Å²) < 4.78 is 9.54. The molecule has 0 atom stereocenters. The fourth-order valence-corrected chi connectivity index (χ4v) is 1.11. The minimum absolute atomic E-state index is 0.230. The molecule has 1 aromatic rings. The molecule has 0 aromatic heterocycles. The molecular weight excluding hydrogens is 234 g/mol. The van der Waals surface area contributed by atoms with Gasteiger partial charge in [0.15, 0.2) is 0 Å². The van der Waals surface area contributed by atoms with E-state index < -0.39 is 11.9 Å². The SMILES string of the molecule is CCOC(=O)C#CC(=O)Nc1ccc(OC)cc1. The fourth-order valence-electron chi connectivity index (χ4n) is 1.11. The normalized spacial score (nSPS) is 8.78. The van der Waals surface area contributed by atoms with E-state index in [1.54, 1.807) is 38.3 Å². The van der Waals surface area contributed by atoms with Gasteiger partial charge in [0.25, 0.3) is 0 Å². The largest absolute Gasteiger partial charge is 0.497 e. The lowest BCUT2D eigenvalue weighted by Crippen LogP contribution is -2.09. The van der Waals surface area contributed by atoms with Gasteiger partial charge in [-0.05, 0) is 31.2 Å². The molecule has 0 aliphatic rings. The molecule has 5 heteroatoms. The molecule has 1 rings (SSSR count). The first-order chi connectivity index (χ1) is 8.65. The number of esters is 1. The van der Waals surface area contributed by atoms with E-state index in [-0.39, 0.29) is 6.61 Å². The summed E-state index contributed by atoms with van der Waals surface area (Å²) in [6.07, 6.45) is 0. The van der Waals surface area contributed by atoms with Crippen LogP contribution in [0.1, 0.15) is 6.92 Å². The molecule has 0 radical (unpaired) electrons. The molecule has 0 saturated heterocycles. The molecule has 0 bridgehead atoms. The molecule has 1 aromatic carbocycles. The summed E-state index contributed by atoms with van der Waals surface area (Å²) in [6, 6.07) is 6.74. The highest BCUT2D eigenvalue weighted by Crippen LogP contribution is 2.14. The molecule has 94 valence electrons. The van der Waals surface area contributed by atoms with Gasteiger partial charge in [0.05, 0.1) is 13.7 Å². The van der Waals surface area contributed by atoms with Crippen molar-refractivity contribution < 1.29 is 19.1 Å². The van der Waals surface area contributed by atoms with Gasteiger partial charge in [-0.15, -0.1) is 0 Å². The van der Waals surface area contributed by atoms with Crippen LogP contribution in [-0.2, 0) is 14.3 Å². The van der Waals surface area contributed by atoms with Crippen molar-refractivity contribution in [2.45, 2.75) is 6.92 Å². The van der Waals surface area contributed by atoms with Crippen LogP contribution in [0.3, 0.4) is 0 Å². The third kappa shape index (κ3) is 4.58. The molecule has 0 heterocycles. The van der Waals surface area contributed by atoms with E-state index in [2.05, 4.69) is 21.9 Å². The number of ether oxygens (including phenoxy) is 2. The highest BCUT2D eigenvalue weighted by Gasteiger charge is 1.99. The molecule has 5 nitrogen and oxygen atoms in total. The lowest BCUT2D eigenvalue weighted by Gasteiger charge is -2.02. The Labute approximate surface area is 105 Å². The van der Waals surface area contributed by atoms with E-state index in [1.165, 1.54) is 0 Å². The number of hydrogen-bond acceptors (Lipinski definition) is 4. The van der Waals surface area contributed by atoms with Crippen LogP contribution >= 0.6 is 0 Å². The Hall–Kier alpha value is -2.48. The molecule has 0 fully saturated rings. The van der Waals surface area contributed by atoms with Gasteiger partial charge in [-0.25, -0.2) is 4.79 Å². The highest BCUT2D eigenvalue weighted by molar-refractivity contribution is 6.07. The van der Waals surface area contributed by atoms with Crippen molar-refractivity contribution in [2.75, 3.05) is 19.0 Å². The molecule has 18 heavy (non-hydrogen) atoms. The lowest BCUT2D eigenvalue weighted by atomic mass is 10.3. The van der Waals surface area contributed by atoms with Crippen molar-refractivity contribution in [1.29, 1.82) is 0 Å². The zero-order valence-electron chi connectivity index (χ0n) is 10.1. The molecule has 0 aliphatic carbocycles. The summed E-state index contributed by atoms with van der Waals surface area (Å²) in [6.45, 7) is 1.89. The molecule has 0 spiro atoms. The van der Waals surface area contributed by atoms with Crippen molar-refractivity contribution in [2.24, 2.45) is 0 Å². The standard InChI is InChI=1S/C13H13NO4/c1-3-18-13(16)9-8-12(15)14-10-4-6-11(17-2)7-5-10/h4-7H,3H2,1-2H3,(H,14,15). The van der Waals surface area contributed by atoms with E-state index in [0.717, 1.165) is 0 Å². The van der Waals surface area contributed by atoms with Gasteiger partial charge in [-0.2, -0.15) is 0 Å². The number of rotatable bonds is 3. The molecule has 0 aliphatic heterocycles. The summed E-state index contributed by atoms with van der Waals surface area (Å²) in [5.41, 5.74) is 0.568. The smallest absolute Gasteiger partial charge is 0.384 e. The maximum absolute atomic E-state index is 11.4. The van der Waals surface area contributed by atoms with Gasteiger partial charge in [0.2, 0.25) is 0 Å². The van der Waals surface area contributed by atoms with Gasteiger partial charge in [0.1, 0.15) is 5.75 Å². The quantitative estimate of drug-likeness (QED) is 0.495. The van der Waals surface area contributed by atoms with Crippen molar-refractivity contribution in [1.82, 2.24) is 0 Å². The number of benzene rings is 1. The van der Waals surface area contributed by atoms with E-state index in [9.17, 15) is 9.59 Å². The maximum atomic E-state index is 11.4. The first-order valence-electron chi connectivity index (χ1n) is 5.29. The maximum Gasteiger partial charge on any atom is 0.384 e. The van der Waals surface area contributed by atoms with Crippen molar-refractivity contribution in [3.8, 4) is 17.6 Å². The predicted octanol–water partition coefficient (Wildman–Crippen LogP) is 1.20. The summed E-state index contributed by atoms with van der Waals surface area (Å²) in [5, 5.41) is 2.51. The molecule has 0 saturated carbocycles. The summed E-state index contributed by atoms with van der Waals surface area (Å²) in [5.74, 6) is 3.61. The van der Waals surface area contributed by atoms with Crippen LogP contribution in [0.15, 0.2) is 24.3 Å². The average Bonchev–Trinajstić information content (AvgIpc) is 2.38. The van der Waals surface area contributed by atoms with Crippen LogP contribution < -0.4 is 10.1 Å². The second kappa shape index (κ2) is 6.97. The number of nitrogens with one attached hydrogen (secondary N) is 1. The second-order valence-electron chi connectivity index (χ2n) is 3.15. The minimum Gasteiger partial charge on any atom is -0.497 e. The van der Waals surface area contributed by atoms with Crippen LogP contribution in [0.5, 0.6) is 5.75 Å². The Morgan fingerprint density at radius 1 is 1.22 bits per heavy atom. The highest BCUT2D eigenvalue weighted by atomic mass is 16.5. The third-order valence-electron chi connectivity index (χ3n) is 1.90. The van der Waals surface area contributed by atoms with E-state index in [0.29, 0.717) is 11.4 Å². The van der Waals surface area contributed by atoms with Gasteiger partial charge < -0.3 is 14.8 Å². The van der Waals surface area contributed by atoms with Crippen molar-refractivity contribution in [3.05, 3.63) is 24.3 Å². The third-order valence-corrected chi connectivity index (χ3v) is 1.90. The van der Waals surface area contributed by atoms with Crippen LogP contribution in [0.4, 0.5) is 5.69 Å². The Morgan fingerprint density at radius 3 is 2.44 bits per heavy atom. The molecular formula is C13H13NO4. The fraction of sp³-hybridized carbons (Fsp3) is 0.231. The zero-order chi connectivity index (χ0) is 13.4. The monoisotopic (exact) mass is 247 g/mol. The predicted molar refractivity (Wildman–Crippen MR) is 66.0 cm³/mol. The molecule has 1 N–H and O–H groups in total. The average molecular weight is 247 g/mol. The topological polar surface area (TPSA) is 64.6 Å². The lowest BCUT2D eigenvalue weighted by molar-refractivity contribution is -0.136. The van der Waals surface area contributed by atoms with Crippen LogP contribution in [0.2, 0.25) is 0 Å². The van der Waals surface area contributed by atoms with E-state index >= 15 is 0 Å². The van der Waals surface area contributed by atoms with Crippen LogP contribution in [0.25, 0.3) is 0 Å². The van der Waals surface area contributed by atoms with Crippen LogP contribution in [0, 0.1) is 11.8 Å². The van der Waals surface area contributed by atoms with Gasteiger partial charge >= 0.3 is 11.9 Å². The van der Waals surface area contributed by atoms with Crippen molar-refractivity contribution >= 4 is 17.6 Å². The first-order valence-corrected chi connectivity index (χ1v) is 5.29. The molecule has 1 amide bonds. The molecule has 0 unspecified atom stereocenters. The van der Waals surface area contributed by atoms with Crippen LogP contribution in [-0.4, -0.2) is 25.6 Å². The number of carbonyl (C=O) groups excluding carboxylic acids is 2. The number of methoxy groups -OCH3 is 1. The van der Waals surface area contributed by atoms with Crippen molar-refractivity contribution in [3.63, 3.8) is 0 Å². The van der Waals surface area contributed by atoms with Gasteiger partial charge in [-0.1, -0.05) is 0 Å². The first kappa shape index (κ1) is 13.6. The Balaban J connectivity index is 2.56. The van der Waals surface area contributed by atoms with Gasteiger partial charge in [0, 0.05) is 17.5 Å². The second-order valence-corrected chi connectivity index (χ2v) is 3.15. The minimum atomic E-state index is -0.720. The summed E-state index contributed by atoms with van der Waals surface area (Å²) in [4.78, 5) is 22.2. The van der Waals surface area contributed by atoms with Gasteiger partial charge in [-0.3, -0.25) is 4.79 Å². The number of anilines is 1. The Kier molecular flexibility index (Phi) is 5.26. The van der Waals surface area contributed by atoms with E-state index in [4.69, 9.17) is 4.74 Å². The Morgan fingerprint density at radius 2 is 1.89 bits per heavy atom. The number of hydrogen-bond donors (Lipinski definition) is 1. The zero-order valence-corrected chi connectivity index (χ0v) is 10.1. The van der Waals surface area contributed by atoms with E-state index in [1.807, 2.05) is 0 Å².